The number of carbonyl (C=O) groups is 1. The molecule has 1 aromatic rings. The Labute approximate surface area is 114 Å². The minimum absolute atomic E-state index is 0.101. The maximum absolute atomic E-state index is 12.4. The second-order valence-corrected chi connectivity index (χ2v) is 5.94. The molecule has 1 aliphatic heterocycles. The van der Waals surface area contributed by atoms with Gasteiger partial charge in [-0.1, -0.05) is 13.0 Å². The first kappa shape index (κ1) is 13.6. The minimum atomic E-state index is 0.101. The smallest absolute Gasteiger partial charge is 0.167 e. The van der Waals surface area contributed by atoms with Crippen molar-refractivity contribution in [2.75, 3.05) is 19.3 Å². The van der Waals surface area contributed by atoms with Gasteiger partial charge in [0, 0.05) is 22.9 Å². The Balaban J connectivity index is 2.19. The van der Waals surface area contributed by atoms with E-state index in [4.69, 9.17) is 0 Å². The maximum Gasteiger partial charge on any atom is 0.167 e. The Bertz CT molecular complexity index is 431. The molecule has 2 rings (SSSR count). The number of rotatable bonds is 5. The summed E-state index contributed by atoms with van der Waals surface area (Å²) in [5.74, 6) is 1.59. The number of Topliss-reactive ketones (excluding diaryl/α,β-unsaturated/α-hetero) is 1. The number of nitrogens with one attached hydrogen (secondary N) is 1. The summed E-state index contributed by atoms with van der Waals surface area (Å²) in [4.78, 5) is 13.8. The quantitative estimate of drug-likeness (QED) is 0.827. The van der Waals surface area contributed by atoms with Crippen molar-refractivity contribution in [3.8, 4) is 0 Å². The van der Waals surface area contributed by atoms with E-state index in [9.17, 15) is 4.79 Å². The third-order valence-corrected chi connectivity index (χ3v) is 4.71. The molecule has 0 spiro atoms. The van der Waals surface area contributed by atoms with Crippen molar-refractivity contribution in [3.05, 3.63) is 29.3 Å². The molecule has 1 atom stereocenters. The van der Waals surface area contributed by atoms with Gasteiger partial charge in [0.15, 0.2) is 5.78 Å². The minimum Gasteiger partial charge on any atom is -0.319 e. The molecular weight excluding hydrogens is 242 g/mol. The fraction of sp³-hybridized carbons (Fsp3) is 0.533. The van der Waals surface area contributed by atoms with E-state index in [2.05, 4.69) is 24.4 Å². The molecule has 0 fully saturated rings. The van der Waals surface area contributed by atoms with Gasteiger partial charge >= 0.3 is 0 Å². The Morgan fingerprint density at radius 1 is 1.50 bits per heavy atom. The molecule has 1 aromatic carbocycles. The van der Waals surface area contributed by atoms with Crippen molar-refractivity contribution >= 4 is 17.5 Å². The summed E-state index contributed by atoms with van der Waals surface area (Å²) in [6, 6.07) is 6.23. The average Bonchev–Trinajstić information content (AvgIpc) is 2.43. The van der Waals surface area contributed by atoms with Gasteiger partial charge < -0.3 is 5.32 Å². The summed E-state index contributed by atoms with van der Waals surface area (Å²) in [6.07, 6.45) is 3.24. The van der Waals surface area contributed by atoms with Crippen molar-refractivity contribution in [2.24, 2.45) is 5.92 Å². The Morgan fingerprint density at radius 2 is 2.33 bits per heavy atom. The van der Waals surface area contributed by atoms with Gasteiger partial charge in [0.1, 0.15) is 0 Å². The highest BCUT2D eigenvalue weighted by Crippen LogP contribution is 2.31. The molecule has 0 aromatic heterocycles. The van der Waals surface area contributed by atoms with Crippen LogP contribution < -0.4 is 5.32 Å². The molecule has 0 aliphatic carbocycles. The van der Waals surface area contributed by atoms with Crippen LogP contribution in [0.4, 0.5) is 0 Å². The molecule has 18 heavy (non-hydrogen) atoms. The molecule has 0 saturated heterocycles. The summed E-state index contributed by atoms with van der Waals surface area (Å²) < 4.78 is 0. The molecule has 3 heteroatoms. The first-order chi connectivity index (χ1) is 8.76. The lowest BCUT2D eigenvalue weighted by Crippen LogP contribution is -2.26. The standard InChI is InChI=1S/C15H21NOS/c1-3-11(10-16-2)15(17)13-6-7-14-12(9-13)5-4-8-18-14/h6-7,9,11,16H,3-5,8,10H2,1-2H3. The zero-order valence-corrected chi connectivity index (χ0v) is 12.0. The van der Waals surface area contributed by atoms with Gasteiger partial charge in [-0.25, -0.2) is 0 Å². The van der Waals surface area contributed by atoms with Crippen molar-refractivity contribution in [1.82, 2.24) is 5.32 Å². The van der Waals surface area contributed by atoms with Gasteiger partial charge in [0.05, 0.1) is 0 Å². The molecule has 2 nitrogen and oxygen atoms in total. The van der Waals surface area contributed by atoms with E-state index in [1.54, 1.807) is 0 Å². The van der Waals surface area contributed by atoms with Crippen LogP contribution in [0.5, 0.6) is 0 Å². The normalized spacial score (nSPS) is 16.1. The van der Waals surface area contributed by atoms with Crippen LogP contribution in [-0.4, -0.2) is 25.1 Å². The highest BCUT2D eigenvalue weighted by molar-refractivity contribution is 7.99. The zero-order chi connectivity index (χ0) is 13.0. The molecular formula is C15H21NOS. The molecule has 1 aliphatic rings. The van der Waals surface area contributed by atoms with Gasteiger partial charge in [0.2, 0.25) is 0 Å². The van der Waals surface area contributed by atoms with E-state index in [1.165, 1.54) is 22.6 Å². The second kappa shape index (κ2) is 6.39. The largest absolute Gasteiger partial charge is 0.319 e. The van der Waals surface area contributed by atoms with E-state index in [1.807, 2.05) is 24.9 Å². The highest BCUT2D eigenvalue weighted by Gasteiger charge is 2.19. The molecule has 0 amide bonds. The Morgan fingerprint density at radius 3 is 3.06 bits per heavy atom. The van der Waals surface area contributed by atoms with Gasteiger partial charge in [-0.3, -0.25) is 4.79 Å². The maximum atomic E-state index is 12.4. The molecule has 0 bridgehead atoms. The van der Waals surface area contributed by atoms with Gasteiger partial charge in [0.25, 0.3) is 0 Å². The predicted molar refractivity (Wildman–Crippen MR) is 77.5 cm³/mol. The number of ketones is 1. The van der Waals surface area contributed by atoms with Crippen molar-refractivity contribution in [2.45, 2.75) is 31.1 Å². The predicted octanol–water partition coefficient (Wildman–Crippen LogP) is 3.15. The van der Waals surface area contributed by atoms with Crippen LogP contribution >= 0.6 is 11.8 Å². The second-order valence-electron chi connectivity index (χ2n) is 4.80. The summed E-state index contributed by atoms with van der Waals surface area (Å²) >= 11 is 1.91. The number of fused-ring (bicyclic) bond motifs is 1. The van der Waals surface area contributed by atoms with E-state index in [-0.39, 0.29) is 11.7 Å². The Kier molecular flexibility index (Phi) is 4.84. The first-order valence-electron chi connectivity index (χ1n) is 6.70. The van der Waals surface area contributed by atoms with Crippen molar-refractivity contribution in [3.63, 3.8) is 0 Å². The van der Waals surface area contributed by atoms with Crippen molar-refractivity contribution < 1.29 is 4.79 Å². The zero-order valence-electron chi connectivity index (χ0n) is 11.2. The fourth-order valence-electron chi connectivity index (χ4n) is 2.42. The first-order valence-corrected chi connectivity index (χ1v) is 7.69. The number of aryl methyl sites for hydroxylation is 1. The molecule has 0 radical (unpaired) electrons. The van der Waals surface area contributed by atoms with E-state index in [0.717, 1.165) is 24.9 Å². The summed E-state index contributed by atoms with van der Waals surface area (Å²) in [7, 11) is 1.90. The molecule has 1 N–H and O–H groups in total. The van der Waals surface area contributed by atoms with Gasteiger partial charge in [-0.05, 0) is 49.8 Å². The Hall–Kier alpha value is -0.800. The third-order valence-electron chi connectivity index (χ3n) is 3.51. The van der Waals surface area contributed by atoms with Crippen LogP contribution in [0.25, 0.3) is 0 Å². The van der Waals surface area contributed by atoms with Crippen LogP contribution in [0, 0.1) is 5.92 Å². The van der Waals surface area contributed by atoms with Crippen LogP contribution in [0.15, 0.2) is 23.1 Å². The van der Waals surface area contributed by atoms with Crippen LogP contribution in [0.3, 0.4) is 0 Å². The molecule has 1 unspecified atom stereocenters. The number of hydrogen-bond acceptors (Lipinski definition) is 3. The lowest BCUT2D eigenvalue weighted by molar-refractivity contribution is 0.0916. The molecule has 1 heterocycles. The molecule has 98 valence electrons. The van der Waals surface area contributed by atoms with Gasteiger partial charge in [-0.2, -0.15) is 0 Å². The SMILES string of the molecule is CCC(CNC)C(=O)c1ccc2c(c1)CCCS2. The lowest BCUT2D eigenvalue weighted by Gasteiger charge is -2.18. The van der Waals surface area contributed by atoms with Crippen LogP contribution in [0.1, 0.15) is 35.7 Å². The topological polar surface area (TPSA) is 29.1 Å². The lowest BCUT2D eigenvalue weighted by atomic mass is 9.93. The van der Waals surface area contributed by atoms with Crippen molar-refractivity contribution in [1.29, 1.82) is 0 Å². The van der Waals surface area contributed by atoms with Crippen LogP contribution in [-0.2, 0) is 6.42 Å². The summed E-state index contributed by atoms with van der Waals surface area (Å²) in [5.41, 5.74) is 2.25. The van der Waals surface area contributed by atoms with E-state index < -0.39 is 0 Å². The van der Waals surface area contributed by atoms with E-state index in [0.29, 0.717) is 0 Å². The fourth-order valence-corrected chi connectivity index (χ4v) is 3.44. The number of hydrogen-bond donors (Lipinski definition) is 1. The average molecular weight is 263 g/mol. The highest BCUT2D eigenvalue weighted by atomic mass is 32.2. The number of thioether (sulfide) groups is 1. The van der Waals surface area contributed by atoms with Gasteiger partial charge in [-0.15, -0.1) is 11.8 Å². The van der Waals surface area contributed by atoms with Crippen LogP contribution in [0.2, 0.25) is 0 Å². The monoisotopic (exact) mass is 263 g/mol. The number of benzene rings is 1. The number of carbonyl (C=O) groups excluding carboxylic acids is 1. The van der Waals surface area contributed by atoms with E-state index >= 15 is 0 Å². The third kappa shape index (κ3) is 2.96. The summed E-state index contributed by atoms with van der Waals surface area (Å²) in [6.45, 7) is 2.84. The molecule has 0 saturated carbocycles. The summed E-state index contributed by atoms with van der Waals surface area (Å²) in [5, 5.41) is 3.11.